The van der Waals surface area contributed by atoms with Crippen molar-refractivity contribution in [3.63, 3.8) is 0 Å². The molecule has 1 heterocycles. The van der Waals surface area contributed by atoms with Crippen LogP contribution in [0.15, 0.2) is 28.7 Å². The average Bonchev–Trinajstić information content (AvgIpc) is 2.51. The number of hydrogen-bond acceptors (Lipinski definition) is 3. The zero-order valence-electron chi connectivity index (χ0n) is 12.5. The number of benzene rings is 1. The first kappa shape index (κ1) is 16.3. The van der Waals surface area contributed by atoms with E-state index in [1.54, 1.807) is 0 Å². The van der Waals surface area contributed by atoms with Crippen LogP contribution in [0.3, 0.4) is 0 Å². The van der Waals surface area contributed by atoms with Crippen LogP contribution in [0.4, 0.5) is 0 Å². The molecule has 1 unspecified atom stereocenters. The highest BCUT2D eigenvalue weighted by Gasteiger charge is 2.21. The van der Waals surface area contributed by atoms with Gasteiger partial charge in [-0.05, 0) is 44.4 Å². The van der Waals surface area contributed by atoms with Crippen LogP contribution in [-0.2, 0) is 4.79 Å². The van der Waals surface area contributed by atoms with E-state index in [1.165, 1.54) is 6.42 Å². The van der Waals surface area contributed by atoms with Gasteiger partial charge in [-0.3, -0.25) is 4.79 Å². The Hall–Kier alpha value is -1.07. The van der Waals surface area contributed by atoms with Crippen molar-refractivity contribution in [1.29, 1.82) is 0 Å². The van der Waals surface area contributed by atoms with Gasteiger partial charge in [0.05, 0.1) is 6.04 Å². The van der Waals surface area contributed by atoms with Crippen LogP contribution in [-0.4, -0.2) is 43.1 Å². The van der Waals surface area contributed by atoms with Gasteiger partial charge in [-0.1, -0.05) is 22.0 Å². The number of nitrogens with zero attached hydrogens (tertiary/aromatic N) is 1. The van der Waals surface area contributed by atoms with Gasteiger partial charge in [0.25, 0.3) is 0 Å². The standard InChI is InChI=1S/C16H23BrN2O2/c1-13(16(20)19-9-3-2-4-10-19)18-8-11-21-15-7-5-6-14(17)12-15/h5-7,12-13,18H,2-4,8-11H2,1H3. The van der Waals surface area contributed by atoms with Crippen LogP contribution >= 0.6 is 15.9 Å². The molecular weight excluding hydrogens is 332 g/mol. The van der Waals surface area contributed by atoms with Crippen LogP contribution < -0.4 is 10.1 Å². The van der Waals surface area contributed by atoms with Crippen molar-refractivity contribution in [1.82, 2.24) is 10.2 Å². The largest absolute Gasteiger partial charge is 0.492 e. The summed E-state index contributed by atoms with van der Waals surface area (Å²) < 4.78 is 6.65. The van der Waals surface area contributed by atoms with Gasteiger partial charge in [-0.25, -0.2) is 0 Å². The maximum atomic E-state index is 12.2. The molecule has 0 aliphatic carbocycles. The Morgan fingerprint density at radius 2 is 2.14 bits per heavy atom. The van der Waals surface area contributed by atoms with Crippen molar-refractivity contribution in [2.75, 3.05) is 26.2 Å². The summed E-state index contributed by atoms with van der Waals surface area (Å²) in [6, 6.07) is 7.61. The van der Waals surface area contributed by atoms with E-state index in [1.807, 2.05) is 36.1 Å². The summed E-state index contributed by atoms with van der Waals surface area (Å²) in [6.07, 6.45) is 3.50. The van der Waals surface area contributed by atoms with Crippen LogP contribution in [0.2, 0.25) is 0 Å². The molecule has 1 N–H and O–H groups in total. The summed E-state index contributed by atoms with van der Waals surface area (Å²) in [5, 5.41) is 3.24. The summed E-state index contributed by atoms with van der Waals surface area (Å²) in [5.41, 5.74) is 0. The lowest BCUT2D eigenvalue weighted by Crippen LogP contribution is -2.47. The Bertz CT molecular complexity index is 461. The Balaban J connectivity index is 1.66. The fourth-order valence-electron chi connectivity index (χ4n) is 2.48. The predicted molar refractivity (Wildman–Crippen MR) is 87.5 cm³/mol. The first-order valence-electron chi connectivity index (χ1n) is 7.57. The maximum Gasteiger partial charge on any atom is 0.239 e. The van der Waals surface area contributed by atoms with Crippen molar-refractivity contribution in [3.05, 3.63) is 28.7 Å². The monoisotopic (exact) mass is 354 g/mol. The van der Waals surface area contributed by atoms with E-state index in [0.717, 1.165) is 36.2 Å². The fourth-order valence-corrected chi connectivity index (χ4v) is 2.85. The van der Waals surface area contributed by atoms with E-state index in [2.05, 4.69) is 21.2 Å². The van der Waals surface area contributed by atoms with Gasteiger partial charge in [0, 0.05) is 24.1 Å². The van der Waals surface area contributed by atoms with Crippen LogP contribution in [0.1, 0.15) is 26.2 Å². The summed E-state index contributed by atoms with van der Waals surface area (Å²) >= 11 is 3.41. The molecule has 0 bridgehead atoms. The lowest BCUT2D eigenvalue weighted by Gasteiger charge is -2.29. The number of carbonyl (C=O) groups is 1. The summed E-state index contributed by atoms with van der Waals surface area (Å²) in [6.45, 7) is 4.94. The molecule has 1 aliphatic heterocycles. The summed E-state index contributed by atoms with van der Waals surface area (Å²) in [4.78, 5) is 14.2. The molecule has 1 aromatic carbocycles. The molecule has 1 aromatic rings. The number of ether oxygens (including phenoxy) is 1. The Morgan fingerprint density at radius 1 is 1.38 bits per heavy atom. The van der Waals surface area contributed by atoms with E-state index in [0.29, 0.717) is 13.2 Å². The number of amides is 1. The van der Waals surface area contributed by atoms with E-state index in [4.69, 9.17) is 4.74 Å². The van der Waals surface area contributed by atoms with Crippen molar-refractivity contribution in [2.45, 2.75) is 32.2 Å². The Labute approximate surface area is 135 Å². The second-order valence-electron chi connectivity index (χ2n) is 5.37. The molecule has 0 aromatic heterocycles. The van der Waals surface area contributed by atoms with Gasteiger partial charge in [0.2, 0.25) is 5.91 Å². The third kappa shape index (κ3) is 5.32. The Morgan fingerprint density at radius 3 is 2.86 bits per heavy atom. The number of carbonyl (C=O) groups excluding carboxylic acids is 1. The molecule has 5 heteroatoms. The number of rotatable bonds is 6. The third-order valence-electron chi connectivity index (χ3n) is 3.66. The minimum absolute atomic E-state index is 0.144. The summed E-state index contributed by atoms with van der Waals surface area (Å²) in [5.74, 6) is 1.04. The van der Waals surface area contributed by atoms with Gasteiger partial charge in [-0.2, -0.15) is 0 Å². The van der Waals surface area contributed by atoms with Gasteiger partial charge >= 0.3 is 0 Å². The number of nitrogens with one attached hydrogen (secondary N) is 1. The van der Waals surface area contributed by atoms with Crippen molar-refractivity contribution >= 4 is 21.8 Å². The molecule has 2 rings (SSSR count). The molecular formula is C16H23BrN2O2. The molecule has 1 amide bonds. The van der Waals surface area contributed by atoms with E-state index in [-0.39, 0.29) is 11.9 Å². The second kappa shape index (κ2) is 8.39. The highest BCUT2D eigenvalue weighted by Crippen LogP contribution is 2.17. The van der Waals surface area contributed by atoms with E-state index >= 15 is 0 Å². The van der Waals surface area contributed by atoms with E-state index in [9.17, 15) is 4.79 Å². The topological polar surface area (TPSA) is 41.6 Å². The number of piperidine rings is 1. The molecule has 21 heavy (non-hydrogen) atoms. The highest BCUT2D eigenvalue weighted by atomic mass is 79.9. The third-order valence-corrected chi connectivity index (χ3v) is 4.15. The van der Waals surface area contributed by atoms with Crippen LogP contribution in [0, 0.1) is 0 Å². The predicted octanol–water partition coefficient (Wildman–Crippen LogP) is 2.82. The minimum Gasteiger partial charge on any atom is -0.492 e. The van der Waals surface area contributed by atoms with Crippen molar-refractivity contribution in [3.8, 4) is 5.75 Å². The summed E-state index contributed by atoms with van der Waals surface area (Å²) in [7, 11) is 0. The molecule has 0 radical (unpaired) electrons. The quantitative estimate of drug-likeness (QED) is 0.798. The highest BCUT2D eigenvalue weighted by molar-refractivity contribution is 9.10. The molecule has 0 saturated carbocycles. The molecule has 1 aliphatic rings. The van der Waals surface area contributed by atoms with Gasteiger partial charge < -0.3 is 15.0 Å². The second-order valence-corrected chi connectivity index (χ2v) is 6.28. The zero-order valence-corrected chi connectivity index (χ0v) is 14.1. The first-order chi connectivity index (χ1) is 10.2. The van der Waals surface area contributed by atoms with E-state index < -0.39 is 0 Å². The number of likely N-dealkylation sites (tertiary alicyclic amines) is 1. The zero-order chi connectivity index (χ0) is 15.1. The molecule has 1 fully saturated rings. The maximum absolute atomic E-state index is 12.2. The molecule has 1 saturated heterocycles. The SMILES string of the molecule is CC(NCCOc1cccc(Br)c1)C(=O)N1CCCCC1. The molecule has 4 nitrogen and oxygen atoms in total. The normalized spacial score (nSPS) is 16.6. The number of hydrogen-bond donors (Lipinski definition) is 1. The Kier molecular flexibility index (Phi) is 6.51. The van der Waals surface area contributed by atoms with Gasteiger partial charge in [-0.15, -0.1) is 0 Å². The average molecular weight is 355 g/mol. The minimum atomic E-state index is -0.144. The fraction of sp³-hybridized carbons (Fsp3) is 0.562. The van der Waals surface area contributed by atoms with Gasteiger partial charge in [0.1, 0.15) is 12.4 Å². The lowest BCUT2D eigenvalue weighted by atomic mass is 10.1. The van der Waals surface area contributed by atoms with Crippen molar-refractivity contribution in [2.24, 2.45) is 0 Å². The lowest BCUT2D eigenvalue weighted by molar-refractivity contribution is -0.133. The van der Waals surface area contributed by atoms with Gasteiger partial charge in [0.15, 0.2) is 0 Å². The molecule has 116 valence electrons. The molecule has 0 spiro atoms. The van der Waals surface area contributed by atoms with Crippen LogP contribution in [0.5, 0.6) is 5.75 Å². The molecule has 1 atom stereocenters. The van der Waals surface area contributed by atoms with Crippen LogP contribution in [0.25, 0.3) is 0 Å². The number of halogens is 1. The smallest absolute Gasteiger partial charge is 0.239 e. The van der Waals surface area contributed by atoms with Crippen molar-refractivity contribution < 1.29 is 9.53 Å². The first-order valence-corrected chi connectivity index (χ1v) is 8.36.